The first kappa shape index (κ1) is 13.1. The number of nitrogens with zero attached hydrogens (tertiary/aromatic N) is 1. The quantitative estimate of drug-likeness (QED) is 0.702. The second-order valence-corrected chi connectivity index (χ2v) is 4.99. The number of carbonyl (C=O) groups is 2. The molecule has 1 unspecified atom stereocenters. The van der Waals surface area contributed by atoms with Gasteiger partial charge in [-0.05, 0) is 25.7 Å². The first-order valence-electron chi connectivity index (χ1n) is 6.66. The minimum Gasteiger partial charge on any atom is -0.368 e. The van der Waals surface area contributed by atoms with Crippen LogP contribution in [0.5, 0.6) is 0 Å². The SMILES string of the molecule is NC(=O)C1CNCCN1C(=O)CC1=CCCCC1. The normalized spacial score (nSPS) is 24.6. The molecule has 0 aromatic heterocycles. The van der Waals surface area contributed by atoms with E-state index in [0.29, 0.717) is 19.5 Å². The third-order valence-corrected chi connectivity index (χ3v) is 3.66. The van der Waals surface area contributed by atoms with E-state index in [2.05, 4.69) is 11.4 Å². The molecule has 2 amide bonds. The summed E-state index contributed by atoms with van der Waals surface area (Å²) in [6.07, 6.45) is 7.09. The van der Waals surface area contributed by atoms with Crippen LogP contribution in [0.15, 0.2) is 11.6 Å². The number of nitrogens with one attached hydrogen (secondary N) is 1. The summed E-state index contributed by atoms with van der Waals surface area (Å²) < 4.78 is 0. The van der Waals surface area contributed by atoms with Crippen LogP contribution in [0.2, 0.25) is 0 Å². The number of nitrogens with two attached hydrogens (primary N) is 1. The molecule has 0 saturated carbocycles. The summed E-state index contributed by atoms with van der Waals surface area (Å²) in [5, 5.41) is 3.10. The van der Waals surface area contributed by atoms with E-state index >= 15 is 0 Å². The molecule has 5 heteroatoms. The molecule has 0 spiro atoms. The highest BCUT2D eigenvalue weighted by atomic mass is 16.2. The predicted octanol–water partition coefficient (Wildman–Crippen LogP) is 0.163. The van der Waals surface area contributed by atoms with Crippen LogP contribution < -0.4 is 11.1 Å². The molecule has 0 aromatic rings. The van der Waals surface area contributed by atoms with Gasteiger partial charge < -0.3 is 16.0 Å². The number of piperazine rings is 1. The Bertz CT molecular complexity index is 365. The molecule has 1 atom stereocenters. The fourth-order valence-electron chi connectivity index (χ4n) is 2.62. The van der Waals surface area contributed by atoms with Crippen LogP contribution in [0.4, 0.5) is 0 Å². The van der Waals surface area contributed by atoms with Crippen molar-refractivity contribution in [2.45, 2.75) is 38.1 Å². The first-order valence-corrected chi connectivity index (χ1v) is 6.66. The molecule has 2 aliphatic rings. The third-order valence-electron chi connectivity index (χ3n) is 3.66. The van der Waals surface area contributed by atoms with Gasteiger partial charge in [0, 0.05) is 26.1 Å². The number of carbonyl (C=O) groups excluding carboxylic acids is 2. The van der Waals surface area contributed by atoms with Crippen molar-refractivity contribution in [1.29, 1.82) is 0 Å². The molecule has 0 aromatic carbocycles. The molecule has 1 saturated heterocycles. The Balaban J connectivity index is 1.97. The van der Waals surface area contributed by atoms with E-state index in [0.717, 1.165) is 19.4 Å². The summed E-state index contributed by atoms with van der Waals surface area (Å²) in [7, 11) is 0. The molecule has 1 fully saturated rings. The number of rotatable bonds is 3. The topological polar surface area (TPSA) is 75.4 Å². The smallest absolute Gasteiger partial charge is 0.241 e. The van der Waals surface area contributed by atoms with Gasteiger partial charge >= 0.3 is 0 Å². The highest BCUT2D eigenvalue weighted by molar-refractivity contribution is 5.88. The van der Waals surface area contributed by atoms with E-state index in [1.165, 1.54) is 18.4 Å². The van der Waals surface area contributed by atoms with Crippen LogP contribution in [-0.2, 0) is 9.59 Å². The van der Waals surface area contributed by atoms with E-state index < -0.39 is 11.9 Å². The van der Waals surface area contributed by atoms with Crippen LogP contribution in [0.1, 0.15) is 32.1 Å². The molecule has 1 heterocycles. The summed E-state index contributed by atoms with van der Waals surface area (Å²) in [5.74, 6) is -0.387. The molecule has 100 valence electrons. The Kier molecular flexibility index (Phi) is 4.36. The van der Waals surface area contributed by atoms with Crippen molar-refractivity contribution in [2.75, 3.05) is 19.6 Å². The maximum Gasteiger partial charge on any atom is 0.241 e. The summed E-state index contributed by atoms with van der Waals surface area (Å²) in [4.78, 5) is 25.2. The maximum absolute atomic E-state index is 12.2. The van der Waals surface area contributed by atoms with Gasteiger partial charge in [0.2, 0.25) is 11.8 Å². The van der Waals surface area contributed by atoms with Gasteiger partial charge in [-0.1, -0.05) is 11.6 Å². The Morgan fingerprint density at radius 3 is 2.94 bits per heavy atom. The monoisotopic (exact) mass is 251 g/mol. The Hall–Kier alpha value is -1.36. The summed E-state index contributed by atoms with van der Waals surface area (Å²) >= 11 is 0. The number of primary amides is 1. The van der Waals surface area contributed by atoms with Crippen molar-refractivity contribution in [2.24, 2.45) is 5.73 Å². The van der Waals surface area contributed by atoms with Crippen molar-refractivity contribution in [3.8, 4) is 0 Å². The lowest BCUT2D eigenvalue weighted by Gasteiger charge is -2.34. The second kappa shape index (κ2) is 6.00. The minimum atomic E-state index is -0.490. The average Bonchev–Trinajstić information content (AvgIpc) is 2.40. The molecule has 1 aliphatic heterocycles. The maximum atomic E-state index is 12.2. The summed E-state index contributed by atoms with van der Waals surface area (Å²) in [5.41, 5.74) is 6.56. The lowest BCUT2D eigenvalue weighted by Crippen LogP contribution is -2.58. The van der Waals surface area contributed by atoms with Crippen LogP contribution in [0.3, 0.4) is 0 Å². The van der Waals surface area contributed by atoms with E-state index in [1.54, 1.807) is 4.90 Å². The Morgan fingerprint density at radius 2 is 2.28 bits per heavy atom. The van der Waals surface area contributed by atoms with E-state index in [9.17, 15) is 9.59 Å². The number of hydrogen-bond donors (Lipinski definition) is 2. The zero-order valence-corrected chi connectivity index (χ0v) is 10.7. The van der Waals surface area contributed by atoms with Gasteiger partial charge in [-0.25, -0.2) is 0 Å². The molecule has 1 aliphatic carbocycles. The zero-order chi connectivity index (χ0) is 13.0. The van der Waals surface area contributed by atoms with Gasteiger partial charge in [0.15, 0.2) is 0 Å². The number of amides is 2. The van der Waals surface area contributed by atoms with Gasteiger partial charge in [-0.3, -0.25) is 9.59 Å². The zero-order valence-electron chi connectivity index (χ0n) is 10.7. The van der Waals surface area contributed by atoms with Crippen molar-refractivity contribution < 1.29 is 9.59 Å². The van der Waals surface area contributed by atoms with Crippen molar-refractivity contribution in [3.63, 3.8) is 0 Å². The van der Waals surface area contributed by atoms with Crippen LogP contribution in [-0.4, -0.2) is 42.4 Å². The van der Waals surface area contributed by atoms with Crippen molar-refractivity contribution in [3.05, 3.63) is 11.6 Å². The molecular formula is C13H21N3O2. The van der Waals surface area contributed by atoms with Gasteiger partial charge in [-0.15, -0.1) is 0 Å². The third kappa shape index (κ3) is 3.10. The number of allylic oxidation sites excluding steroid dienone is 1. The minimum absolute atomic E-state index is 0.0356. The highest BCUT2D eigenvalue weighted by Gasteiger charge is 2.30. The molecule has 0 radical (unpaired) electrons. The van der Waals surface area contributed by atoms with Crippen LogP contribution >= 0.6 is 0 Å². The molecule has 2 rings (SSSR count). The molecular weight excluding hydrogens is 230 g/mol. The standard InChI is InChI=1S/C13H21N3O2/c14-13(18)11-9-15-6-7-16(11)12(17)8-10-4-2-1-3-5-10/h4,11,15H,1-3,5-9H2,(H2,14,18). The largest absolute Gasteiger partial charge is 0.368 e. The summed E-state index contributed by atoms with van der Waals surface area (Å²) in [6.45, 7) is 1.77. The Labute approximate surface area is 107 Å². The fraction of sp³-hybridized carbons (Fsp3) is 0.692. The van der Waals surface area contributed by atoms with Gasteiger partial charge in [0.1, 0.15) is 6.04 Å². The van der Waals surface area contributed by atoms with Gasteiger partial charge in [-0.2, -0.15) is 0 Å². The van der Waals surface area contributed by atoms with Crippen LogP contribution in [0, 0.1) is 0 Å². The molecule has 3 N–H and O–H groups in total. The van der Waals surface area contributed by atoms with Crippen molar-refractivity contribution in [1.82, 2.24) is 10.2 Å². The molecule has 5 nitrogen and oxygen atoms in total. The van der Waals surface area contributed by atoms with E-state index in [-0.39, 0.29) is 5.91 Å². The van der Waals surface area contributed by atoms with Crippen LogP contribution in [0.25, 0.3) is 0 Å². The number of hydrogen-bond acceptors (Lipinski definition) is 3. The van der Waals surface area contributed by atoms with Gasteiger partial charge in [0.05, 0.1) is 0 Å². The lowest BCUT2D eigenvalue weighted by molar-refractivity contribution is -0.139. The average molecular weight is 251 g/mol. The van der Waals surface area contributed by atoms with Crippen molar-refractivity contribution >= 4 is 11.8 Å². The molecule has 18 heavy (non-hydrogen) atoms. The lowest BCUT2D eigenvalue weighted by atomic mass is 9.96. The summed E-state index contributed by atoms with van der Waals surface area (Å²) in [6, 6.07) is -0.490. The highest BCUT2D eigenvalue weighted by Crippen LogP contribution is 2.21. The fourth-order valence-corrected chi connectivity index (χ4v) is 2.62. The predicted molar refractivity (Wildman–Crippen MR) is 68.7 cm³/mol. The van der Waals surface area contributed by atoms with E-state index in [1.807, 2.05) is 0 Å². The Morgan fingerprint density at radius 1 is 1.44 bits per heavy atom. The second-order valence-electron chi connectivity index (χ2n) is 4.99. The first-order chi connectivity index (χ1) is 8.68. The van der Waals surface area contributed by atoms with Gasteiger partial charge in [0.25, 0.3) is 0 Å². The van der Waals surface area contributed by atoms with E-state index in [4.69, 9.17) is 5.73 Å². The molecule has 0 bridgehead atoms.